The van der Waals surface area contributed by atoms with Gasteiger partial charge in [0, 0.05) is 5.02 Å². The van der Waals surface area contributed by atoms with Gasteiger partial charge in [0.25, 0.3) is 0 Å². The molecule has 0 radical (unpaired) electrons. The van der Waals surface area contributed by atoms with Crippen LogP contribution in [0.4, 0.5) is 0 Å². The van der Waals surface area contributed by atoms with Crippen molar-refractivity contribution >= 4 is 21.7 Å². The van der Waals surface area contributed by atoms with Crippen molar-refractivity contribution in [2.45, 2.75) is 18.2 Å². The van der Waals surface area contributed by atoms with Crippen LogP contribution in [-0.4, -0.2) is 8.42 Å². The van der Waals surface area contributed by atoms with E-state index in [1.54, 1.807) is 12.1 Å². The van der Waals surface area contributed by atoms with Crippen LogP contribution in [0.3, 0.4) is 0 Å². The minimum atomic E-state index is -3.93. The van der Waals surface area contributed by atoms with Gasteiger partial charge in [0.1, 0.15) is 10.6 Å². The Labute approximate surface area is 128 Å². The zero-order valence-electron chi connectivity index (χ0n) is 11.2. The molecule has 0 N–H and O–H groups in total. The van der Waals surface area contributed by atoms with Crippen LogP contribution in [0.25, 0.3) is 0 Å². The second-order valence-corrected chi connectivity index (χ2v) is 6.23. The highest BCUT2D eigenvalue weighted by atomic mass is 35.5. The standard InChI is InChI=1S/C15H12ClNO3S/c1-2-12-9-13(5-8-15(12)16)20-21(18,19)14-6-3-11(10-17)4-7-14/h3-9H,2H2,1H3. The van der Waals surface area contributed by atoms with E-state index in [-0.39, 0.29) is 10.6 Å². The number of hydrogen-bond acceptors (Lipinski definition) is 4. The van der Waals surface area contributed by atoms with E-state index in [4.69, 9.17) is 21.0 Å². The average Bonchev–Trinajstić information content (AvgIpc) is 2.49. The summed E-state index contributed by atoms with van der Waals surface area (Å²) in [5, 5.41) is 9.28. The molecule has 4 nitrogen and oxygen atoms in total. The lowest BCUT2D eigenvalue weighted by Crippen LogP contribution is -2.09. The first-order valence-corrected chi connectivity index (χ1v) is 7.98. The molecule has 0 fully saturated rings. The molecular weight excluding hydrogens is 310 g/mol. The molecule has 0 aromatic heterocycles. The van der Waals surface area contributed by atoms with Crippen molar-refractivity contribution in [3.63, 3.8) is 0 Å². The quantitative estimate of drug-likeness (QED) is 0.808. The van der Waals surface area contributed by atoms with Crippen LogP contribution in [-0.2, 0) is 16.5 Å². The molecule has 0 saturated heterocycles. The van der Waals surface area contributed by atoms with E-state index in [1.165, 1.54) is 30.3 Å². The molecule has 0 heterocycles. The zero-order valence-corrected chi connectivity index (χ0v) is 12.8. The van der Waals surface area contributed by atoms with Gasteiger partial charge in [-0.1, -0.05) is 18.5 Å². The molecule has 0 atom stereocenters. The summed E-state index contributed by atoms with van der Waals surface area (Å²) in [6.07, 6.45) is 0.674. The van der Waals surface area contributed by atoms with Gasteiger partial charge in [-0.3, -0.25) is 0 Å². The highest BCUT2D eigenvalue weighted by molar-refractivity contribution is 7.87. The summed E-state index contributed by atoms with van der Waals surface area (Å²) in [4.78, 5) is -0.00509. The summed E-state index contributed by atoms with van der Waals surface area (Å²) < 4.78 is 29.4. The van der Waals surface area contributed by atoms with Crippen molar-refractivity contribution < 1.29 is 12.6 Å². The van der Waals surface area contributed by atoms with Crippen molar-refractivity contribution in [1.29, 1.82) is 5.26 Å². The van der Waals surface area contributed by atoms with Gasteiger partial charge in [-0.05, 0) is 54.4 Å². The lowest BCUT2D eigenvalue weighted by Gasteiger charge is -2.09. The Kier molecular flexibility index (Phi) is 4.51. The summed E-state index contributed by atoms with van der Waals surface area (Å²) >= 11 is 5.98. The Morgan fingerprint density at radius 1 is 1.19 bits per heavy atom. The van der Waals surface area contributed by atoms with E-state index >= 15 is 0 Å². The van der Waals surface area contributed by atoms with Crippen molar-refractivity contribution in [1.82, 2.24) is 0 Å². The van der Waals surface area contributed by atoms with Crippen molar-refractivity contribution in [2.24, 2.45) is 0 Å². The Morgan fingerprint density at radius 3 is 2.43 bits per heavy atom. The maximum atomic E-state index is 12.1. The van der Waals surface area contributed by atoms with Crippen molar-refractivity contribution in [3.8, 4) is 11.8 Å². The van der Waals surface area contributed by atoms with Gasteiger partial charge in [-0.15, -0.1) is 0 Å². The van der Waals surface area contributed by atoms with Gasteiger partial charge < -0.3 is 4.18 Å². The van der Waals surface area contributed by atoms with Crippen LogP contribution in [0.2, 0.25) is 5.02 Å². The summed E-state index contributed by atoms with van der Waals surface area (Å²) in [6, 6.07) is 12.2. The van der Waals surface area contributed by atoms with Gasteiger partial charge in [0.2, 0.25) is 0 Å². The average molecular weight is 322 g/mol. The lowest BCUT2D eigenvalue weighted by molar-refractivity contribution is 0.486. The number of aryl methyl sites for hydroxylation is 1. The first-order chi connectivity index (χ1) is 9.96. The fraction of sp³-hybridized carbons (Fsp3) is 0.133. The van der Waals surface area contributed by atoms with Crippen LogP contribution >= 0.6 is 11.6 Å². The third-order valence-corrected chi connectivity index (χ3v) is 4.51. The van der Waals surface area contributed by atoms with Gasteiger partial charge in [-0.2, -0.15) is 13.7 Å². The number of rotatable bonds is 4. The Bertz CT molecular complexity index is 793. The number of hydrogen-bond donors (Lipinski definition) is 0. The summed E-state index contributed by atoms with van der Waals surface area (Å²) in [5.41, 5.74) is 1.19. The number of benzene rings is 2. The van der Waals surface area contributed by atoms with E-state index < -0.39 is 10.1 Å². The fourth-order valence-electron chi connectivity index (χ4n) is 1.74. The minimum absolute atomic E-state index is 0.00509. The van der Waals surface area contributed by atoms with Gasteiger partial charge >= 0.3 is 10.1 Å². The first-order valence-electron chi connectivity index (χ1n) is 6.19. The molecule has 108 valence electrons. The molecule has 0 aliphatic rings. The Balaban J connectivity index is 2.30. The SMILES string of the molecule is CCc1cc(OS(=O)(=O)c2ccc(C#N)cc2)ccc1Cl. The Morgan fingerprint density at radius 2 is 1.86 bits per heavy atom. The topological polar surface area (TPSA) is 67.2 Å². The van der Waals surface area contributed by atoms with Crippen molar-refractivity contribution in [2.75, 3.05) is 0 Å². The molecule has 0 bridgehead atoms. The van der Waals surface area contributed by atoms with Crippen molar-refractivity contribution in [3.05, 3.63) is 58.6 Å². The number of nitrogens with zero attached hydrogens (tertiary/aromatic N) is 1. The van der Waals surface area contributed by atoms with E-state index in [1.807, 2.05) is 13.0 Å². The molecule has 0 aliphatic heterocycles. The van der Waals surface area contributed by atoms with E-state index in [0.29, 0.717) is 17.0 Å². The van der Waals surface area contributed by atoms with E-state index in [2.05, 4.69) is 0 Å². The van der Waals surface area contributed by atoms with Gasteiger partial charge in [0.15, 0.2) is 0 Å². The van der Waals surface area contributed by atoms with E-state index in [9.17, 15) is 8.42 Å². The normalized spacial score (nSPS) is 10.9. The fourth-order valence-corrected chi connectivity index (χ4v) is 2.92. The number of halogens is 1. The van der Waals surface area contributed by atoms with Crippen LogP contribution in [0.5, 0.6) is 5.75 Å². The second kappa shape index (κ2) is 6.17. The summed E-state index contributed by atoms with van der Waals surface area (Å²) in [7, 11) is -3.93. The summed E-state index contributed by atoms with van der Waals surface area (Å²) in [6.45, 7) is 1.92. The molecule has 2 aromatic rings. The molecular formula is C15H12ClNO3S. The predicted octanol–water partition coefficient (Wildman–Crippen LogP) is 3.54. The molecule has 0 spiro atoms. The van der Waals surface area contributed by atoms with Gasteiger partial charge in [0.05, 0.1) is 11.6 Å². The van der Waals surface area contributed by atoms with Gasteiger partial charge in [-0.25, -0.2) is 0 Å². The van der Waals surface area contributed by atoms with E-state index in [0.717, 1.165) is 5.56 Å². The second-order valence-electron chi connectivity index (χ2n) is 4.28. The highest BCUT2D eigenvalue weighted by Crippen LogP contribution is 2.25. The largest absolute Gasteiger partial charge is 0.379 e. The molecule has 0 amide bonds. The molecule has 2 rings (SSSR count). The summed E-state index contributed by atoms with van der Waals surface area (Å²) in [5.74, 6) is 0.209. The van der Waals surface area contributed by atoms with Crippen LogP contribution in [0.1, 0.15) is 18.1 Å². The smallest absolute Gasteiger partial charge is 0.339 e. The molecule has 6 heteroatoms. The predicted molar refractivity (Wildman–Crippen MR) is 79.8 cm³/mol. The molecule has 0 unspecified atom stereocenters. The zero-order chi connectivity index (χ0) is 15.5. The molecule has 0 aliphatic carbocycles. The highest BCUT2D eigenvalue weighted by Gasteiger charge is 2.17. The third-order valence-electron chi connectivity index (χ3n) is 2.88. The van der Waals surface area contributed by atoms with Crippen LogP contribution in [0.15, 0.2) is 47.4 Å². The monoisotopic (exact) mass is 321 g/mol. The van der Waals surface area contributed by atoms with Crippen LogP contribution < -0.4 is 4.18 Å². The Hall–Kier alpha value is -2.03. The molecule has 2 aromatic carbocycles. The maximum absolute atomic E-state index is 12.1. The van der Waals surface area contributed by atoms with Crippen LogP contribution in [0, 0.1) is 11.3 Å². The third kappa shape index (κ3) is 3.54. The lowest BCUT2D eigenvalue weighted by atomic mass is 10.2. The maximum Gasteiger partial charge on any atom is 0.339 e. The molecule has 21 heavy (non-hydrogen) atoms. The molecule has 0 saturated carbocycles. The minimum Gasteiger partial charge on any atom is -0.379 e. The first kappa shape index (κ1) is 15.4. The number of nitriles is 1.